The Balaban J connectivity index is 1.50. The van der Waals surface area contributed by atoms with Gasteiger partial charge < -0.3 is 5.11 Å². The van der Waals surface area contributed by atoms with Crippen LogP contribution in [0.25, 0.3) is 27.4 Å². The van der Waals surface area contributed by atoms with Gasteiger partial charge in [0.25, 0.3) is 11.1 Å². The number of phenols is 1. The minimum Gasteiger partial charge on any atom is -0.508 e. The molecule has 1 aliphatic rings. The fraction of sp³-hybridized carbons (Fsp3) is 0. The fourth-order valence-corrected chi connectivity index (χ4v) is 4.89. The molecule has 1 aliphatic heterocycles. The molecule has 0 unspecified atom stereocenters. The van der Waals surface area contributed by atoms with Crippen molar-refractivity contribution in [2.75, 3.05) is 0 Å². The molecule has 1 saturated heterocycles. The number of imide groups is 1. The van der Waals surface area contributed by atoms with E-state index in [1.54, 1.807) is 41.8 Å². The molecule has 2 N–H and O–H groups in total. The van der Waals surface area contributed by atoms with Crippen molar-refractivity contribution in [2.45, 2.75) is 0 Å². The smallest absolute Gasteiger partial charge is 0.290 e. The van der Waals surface area contributed by atoms with Gasteiger partial charge in [-0.1, -0.05) is 24.0 Å². The Morgan fingerprint density at radius 2 is 1.91 bits per heavy atom. The van der Waals surface area contributed by atoms with Gasteiger partial charge in [0.05, 0.1) is 15.3 Å². The van der Waals surface area contributed by atoms with Crippen LogP contribution in [0.2, 0.25) is 0 Å². The van der Waals surface area contributed by atoms with E-state index in [4.69, 9.17) is 0 Å². The van der Waals surface area contributed by atoms with Gasteiger partial charge in [0.15, 0.2) is 0 Å². The minimum atomic E-state index is -0.375. The quantitative estimate of drug-likeness (QED) is 0.313. The molecular weight excluding hydrogens is 440 g/mol. The van der Waals surface area contributed by atoms with E-state index < -0.39 is 0 Å². The summed E-state index contributed by atoms with van der Waals surface area (Å²) in [4.78, 5) is 30.1. The predicted molar refractivity (Wildman–Crippen MR) is 128 cm³/mol. The first kappa shape index (κ1) is 20.1. The summed E-state index contributed by atoms with van der Waals surface area (Å²) in [6.07, 6.45) is 3.48. The van der Waals surface area contributed by atoms with E-state index in [1.165, 1.54) is 0 Å². The Kier molecular flexibility index (Phi) is 5.23. The van der Waals surface area contributed by atoms with Gasteiger partial charge in [0, 0.05) is 27.6 Å². The zero-order valence-electron chi connectivity index (χ0n) is 16.5. The highest BCUT2D eigenvalue weighted by atomic mass is 32.2. The zero-order chi connectivity index (χ0) is 22.1. The number of carbonyl (C=O) groups excluding carboxylic acids is 2. The van der Waals surface area contributed by atoms with E-state index >= 15 is 0 Å². The van der Waals surface area contributed by atoms with Gasteiger partial charge >= 0.3 is 0 Å². The van der Waals surface area contributed by atoms with Crippen molar-refractivity contribution < 1.29 is 14.7 Å². The Morgan fingerprint density at radius 1 is 1.00 bits per heavy atom. The molecule has 4 aromatic rings. The van der Waals surface area contributed by atoms with Crippen molar-refractivity contribution >= 4 is 51.2 Å². The standard InChI is InChI=1S/C25H14N2O3S2/c28-17-3-1-2-15(12-17)4-6-18-7-9-22(31-18)19-10-11-26-21-8-5-16(13-20(19)21)14-23-24(29)27-25(30)32-23/h1-3,5,7-14,28H,(H,27,29,30)/b23-14+. The van der Waals surface area contributed by atoms with Crippen LogP contribution in [0.3, 0.4) is 0 Å². The molecule has 2 aromatic heterocycles. The van der Waals surface area contributed by atoms with E-state index in [0.717, 1.165) is 49.1 Å². The summed E-state index contributed by atoms with van der Waals surface area (Å²) in [5, 5.41) is 12.4. The topological polar surface area (TPSA) is 79.3 Å². The highest BCUT2D eigenvalue weighted by Crippen LogP contribution is 2.34. The van der Waals surface area contributed by atoms with Crippen LogP contribution in [-0.4, -0.2) is 21.2 Å². The maximum Gasteiger partial charge on any atom is 0.290 e. The second-order valence-electron chi connectivity index (χ2n) is 6.95. The molecule has 7 heteroatoms. The number of aromatic hydroxyl groups is 1. The zero-order valence-corrected chi connectivity index (χ0v) is 18.1. The molecular formula is C25H14N2O3S2. The van der Waals surface area contributed by atoms with Crippen LogP contribution in [0.5, 0.6) is 5.75 Å². The molecule has 0 spiro atoms. The van der Waals surface area contributed by atoms with Crippen molar-refractivity contribution in [3.05, 3.63) is 87.8 Å². The first-order chi connectivity index (χ1) is 15.5. The normalized spacial score (nSPS) is 14.4. The van der Waals surface area contributed by atoms with Gasteiger partial charge in [-0.15, -0.1) is 11.3 Å². The van der Waals surface area contributed by atoms with E-state index in [1.807, 2.05) is 42.5 Å². The first-order valence-corrected chi connectivity index (χ1v) is 11.2. The number of pyridine rings is 1. The van der Waals surface area contributed by atoms with Gasteiger partial charge in [0.2, 0.25) is 0 Å². The fourth-order valence-electron chi connectivity index (χ4n) is 3.31. The van der Waals surface area contributed by atoms with E-state index in [0.29, 0.717) is 4.91 Å². The third-order valence-electron chi connectivity index (χ3n) is 4.75. The lowest BCUT2D eigenvalue weighted by molar-refractivity contribution is -0.115. The van der Waals surface area contributed by atoms with Crippen LogP contribution in [-0.2, 0) is 4.79 Å². The third-order valence-corrected chi connectivity index (χ3v) is 6.60. The largest absolute Gasteiger partial charge is 0.508 e. The monoisotopic (exact) mass is 454 g/mol. The maximum atomic E-state index is 11.9. The molecule has 3 heterocycles. The van der Waals surface area contributed by atoms with Crippen molar-refractivity contribution in [3.63, 3.8) is 0 Å². The molecule has 32 heavy (non-hydrogen) atoms. The van der Waals surface area contributed by atoms with Crippen molar-refractivity contribution in [1.82, 2.24) is 10.3 Å². The molecule has 1 fully saturated rings. The van der Waals surface area contributed by atoms with Crippen molar-refractivity contribution in [2.24, 2.45) is 0 Å². The summed E-state index contributed by atoms with van der Waals surface area (Å²) < 4.78 is 0. The van der Waals surface area contributed by atoms with Gasteiger partial charge in [-0.05, 0) is 71.9 Å². The third kappa shape index (κ3) is 4.14. The number of amides is 2. The van der Waals surface area contributed by atoms with E-state index in [-0.39, 0.29) is 16.9 Å². The van der Waals surface area contributed by atoms with Gasteiger partial charge in [-0.2, -0.15) is 0 Å². The van der Waals surface area contributed by atoms with Gasteiger partial charge in [0.1, 0.15) is 5.75 Å². The Labute approximate surface area is 191 Å². The highest BCUT2D eigenvalue weighted by Gasteiger charge is 2.25. The average Bonchev–Trinajstić information content (AvgIpc) is 3.38. The maximum absolute atomic E-state index is 11.9. The molecule has 0 atom stereocenters. The first-order valence-electron chi connectivity index (χ1n) is 9.60. The van der Waals surface area contributed by atoms with Crippen LogP contribution in [0, 0.1) is 11.8 Å². The lowest BCUT2D eigenvalue weighted by Crippen LogP contribution is -2.17. The second kappa shape index (κ2) is 8.35. The summed E-state index contributed by atoms with van der Waals surface area (Å²) >= 11 is 2.47. The van der Waals surface area contributed by atoms with Crippen LogP contribution >= 0.6 is 23.1 Å². The number of fused-ring (bicyclic) bond motifs is 1. The number of benzene rings is 2. The minimum absolute atomic E-state index is 0.190. The summed E-state index contributed by atoms with van der Waals surface area (Å²) in [6.45, 7) is 0. The van der Waals surface area contributed by atoms with Crippen molar-refractivity contribution in [3.8, 4) is 28.0 Å². The number of aromatic nitrogens is 1. The number of phenolic OH excluding ortho intramolecular Hbond substituents is 1. The van der Waals surface area contributed by atoms with E-state index in [2.05, 4.69) is 22.1 Å². The number of carbonyl (C=O) groups is 2. The summed E-state index contributed by atoms with van der Waals surface area (Å²) in [5.41, 5.74) is 3.43. The van der Waals surface area contributed by atoms with Crippen LogP contribution in [0.4, 0.5) is 4.79 Å². The lowest BCUT2D eigenvalue weighted by atomic mass is 10.0. The number of nitrogens with zero attached hydrogens (tertiary/aromatic N) is 1. The SMILES string of the molecule is O=C1NC(=O)/C(=C\c2ccc3nccc(-c4ccc(C#Cc5cccc(O)c5)s4)c3c2)S1. The Bertz CT molecular complexity index is 1490. The van der Waals surface area contributed by atoms with Crippen molar-refractivity contribution in [1.29, 1.82) is 0 Å². The molecule has 5 nitrogen and oxygen atoms in total. The van der Waals surface area contributed by atoms with E-state index in [9.17, 15) is 14.7 Å². The molecule has 5 rings (SSSR count). The molecule has 154 valence electrons. The number of thioether (sulfide) groups is 1. The molecule has 0 radical (unpaired) electrons. The summed E-state index contributed by atoms with van der Waals surface area (Å²) in [7, 11) is 0. The van der Waals surface area contributed by atoms with Gasteiger partial charge in [-0.3, -0.25) is 19.9 Å². The van der Waals surface area contributed by atoms with Crippen LogP contribution in [0.1, 0.15) is 16.0 Å². The molecule has 0 saturated carbocycles. The number of nitrogens with one attached hydrogen (secondary N) is 1. The number of thiophene rings is 1. The number of hydrogen-bond donors (Lipinski definition) is 2. The average molecular weight is 455 g/mol. The van der Waals surface area contributed by atoms with Crippen LogP contribution < -0.4 is 5.32 Å². The summed E-state index contributed by atoms with van der Waals surface area (Å²) in [6, 6.07) is 18.6. The Hall–Kier alpha value is -3.86. The Morgan fingerprint density at radius 3 is 2.72 bits per heavy atom. The highest BCUT2D eigenvalue weighted by molar-refractivity contribution is 8.18. The number of rotatable bonds is 2. The second-order valence-corrected chi connectivity index (χ2v) is 9.05. The lowest BCUT2D eigenvalue weighted by Gasteiger charge is -2.05. The molecule has 0 bridgehead atoms. The predicted octanol–water partition coefficient (Wildman–Crippen LogP) is 5.39. The van der Waals surface area contributed by atoms with Gasteiger partial charge in [-0.25, -0.2) is 0 Å². The molecule has 0 aliphatic carbocycles. The molecule has 2 amide bonds. The summed E-state index contributed by atoms with van der Waals surface area (Å²) in [5.74, 6) is 6.04. The number of hydrogen-bond acceptors (Lipinski definition) is 6. The molecule has 2 aromatic carbocycles. The van der Waals surface area contributed by atoms with Crippen LogP contribution in [0.15, 0.2) is 71.8 Å².